The number of rotatable bonds is 4. The maximum Gasteiger partial charge on any atom is 0.119 e. The summed E-state index contributed by atoms with van der Waals surface area (Å²) in [6.07, 6.45) is 2.64. The first-order valence-corrected chi connectivity index (χ1v) is 9.11. The third kappa shape index (κ3) is 11.1. The van der Waals surface area contributed by atoms with E-state index in [1.54, 1.807) is 48.5 Å². The molecular formula is C23H26O8. The molecule has 0 radical (unpaired) electrons. The summed E-state index contributed by atoms with van der Waals surface area (Å²) in [4.78, 5) is 0. The molecule has 0 fully saturated rings. The van der Waals surface area contributed by atoms with Gasteiger partial charge in [0.05, 0.1) is 13.2 Å². The lowest BCUT2D eigenvalue weighted by Crippen LogP contribution is -2.15. The quantitative estimate of drug-likeness (QED) is 0.293. The molecule has 0 atom stereocenters. The lowest BCUT2D eigenvalue weighted by Gasteiger charge is -1.98. The van der Waals surface area contributed by atoms with E-state index in [9.17, 15) is 10.2 Å². The fourth-order valence-electron chi connectivity index (χ4n) is 2.04. The molecule has 3 rings (SSSR count). The predicted octanol–water partition coefficient (Wildman–Crippen LogP) is 2.40. The van der Waals surface area contributed by atoms with Crippen LogP contribution < -0.4 is 0 Å². The standard InChI is InChI=1S/C14H12O3.C6H6O2.C3H8O3/c15-12-5-3-10(4-6-12)1-2-11-7-13(16)9-14(17)8-11;7-5-2-1-3-6(8)4-5;4-1-3(6)2-5/h1-9,15-17H;1-4,7-8H;3-6H,1-2H2/b2-1+;;. The van der Waals surface area contributed by atoms with Gasteiger partial charge in [0.2, 0.25) is 0 Å². The summed E-state index contributed by atoms with van der Waals surface area (Å²) < 4.78 is 0. The Morgan fingerprint density at radius 3 is 1.39 bits per heavy atom. The molecule has 3 aromatic rings. The Morgan fingerprint density at radius 1 is 0.548 bits per heavy atom. The molecule has 0 aliphatic heterocycles. The molecule has 0 aliphatic carbocycles. The van der Waals surface area contributed by atoms with Crippen molar-refractivity contribution in [1.82, 2.24) is 0 Å². The Hall–Kier alpha value is -3.72. The number of hydrogen-bond donors (Lipinski definition) is 8. The summed E-state index contributed by atoms with van der Waals surface area (Å²) in [5, 5.41) is 69.0. The fraction of sp³-hybridized carbons (Fsp3) is 0.130. The molecular weight excluding hydrogens is 404 g/mol. The molecule has 0 unspecified atom stereocenters. The molecule has 8 nitrogen and oxygen atoms in total. The van der Waals surface area contributed by atoms with Crippen molar-refractivity contribution < 1.29 is 40.9 Å². The van der Waals surface area contributed by atoms with E-state index in [0.29, 0.717) is 5.56 Å². The third-order valence-electron chi connectivity index (χ3n) is 3.54. The number of phenolic OH excluding ortho intramolecular Hbond substituents is 5. The molecule has 0 aliphatic rings. The van der Waals surface area contributed by atoms with Crippen molar-refractivity contribution in [1.29, 1.82) is 0 Å². The zero-order chi connectivity index (χ0) is 23.2. The summed E-state index contributed by atoms with van der Waals surface area (Å²) in [5.74, 6) is 0.442. The van der Waals surface area contributed by atoms with E-state index in [0.717, 1.165) is 5.56 Å². The molecule has 31 heavy (non-hydrogen) atoms. The molecule has 0 saturated carbocycles. The van der Waals surface area contributed by atoms with Gasteiger partial charge in [-0.2, -0.15) is 0 Å². The van der Waals surface area contributed by atoms with Crippen LogP contribution in [0.2, 0.25) is 0 Å². The van der Waals surface area contributed by atoms with Gasteiger partial charge in [0, 0.05) is 12.1 Å². The van der Waals surface area contributed by atoms with Gasteiger partial charge in [-0.05, 0) is 47.5 Å². The van der Waals surface area contributed by atoms with E-state index in [1.807, 2.05) is 6.08 Å². The highest BCUT2D eigenvalue weighted by Crippen LogP contribution is 2.22. The molecule has 8 heteroatoms. The number of aliphatic hydroxyl groups is 3. The van der Waals surface area contributed by atoms with Crippen molar-refractivity contribution in [2.24, 2.45) is 0 Å². The minimum Gasteiger partial charge on any atom is -0.508 e. The van der Waals surface area contributed by atoms with Crippen LogP contribution in [0.15, 0.2) is 66.7 Å². The van der Waals surface area contributed by atoms with Crippen molar-refractivity contribution in [2.75, 3.05) is 13.2 Å². The molecule has 0 heterocycles. The highest BCUT2D eigenvalue weighted by molar-refractivity contribution is 5.71. The Balaban J connectivity index is 0.000000284. The number of aliphatic hydroxyl groups excluding tert-OH is 3. The predicted molar refractivity (Wildman–Crippen MR) is 117 cm³/mol. The SMILES string of the molecule is OCC(O)CO.Oc1ccc(/C=C/c2cc(O)cc(O)c2)cc1.Oc1cccc(O)c1. The summed E-state index contributed by atoms with van der Waals surface area (Å²) in [6.45, 7) is -0.729. The van der Waals surface area contributed by atoms with E-state index in [-0.39, 0.29) is 42.0 Å². The van der Waals surface area contributed by atoms with Crippen LogP contribution in [-0.4, -0.2) is 60.2 Å². The van der Waals surface area contributed by atoms with Crippen LogP contribution in [0.3, 0.4) is 0 Å². The van der Waals surface area contributed by atoms with Crippen LogP contribution in [0, 0.1) is 0 Å². The van der Waals surface area contributed by atoms with Gasteiger partial charge < -0.3 is 40.9 Å². The minimum absolute atomic E-state index is 0.0235. The molecule has 166 valence electrons. The number of phenols is 5. The highest BCUT2D eigenvalue weighted by Gasteiger charge is 1.96. The Morgan fingerprint density at radius 2 is 1.00 bits per heavy atom. The van der Waals surface area contributed by atoms with Gasteiger partial charge in [0.15, 0.2) is 0 Å². The van der Waals surface area contributed by atoms with E-state index in [1.165, 1.54) is 24.3 Å². The maximum atomic E-state index is 9.30. The molecule has 0 spiro atoms. The van der Waals surface area contributed by atoms with Gasteiger partial charge in [-0.15, -0.1) is 0 Å². The summed E-state index contributed by atoms with van der Waals surface area (Å²) in [5.41, 5.74) is 1.63. The average molecular weight is 430 g/mol. The van der Waals surface area contributed by atoms with Crippen molar-refractivity contribution in [3.8, 4) is 28.7 Å². The molecule has 8 N–H and O–H groups in total. The van der Waals surface area contributed by atoms with Crippen molar-refractivity contribution >= 4 is 12.2 Å². The normalized spacial score (nSPS) is 10.2. The van der Waals surface area contributed by atoms with Crippen molar-refractivity contribution in [3.05, 3.63) is 77.9 Å². The Bertz CT molecular complexity index is 897. The second-order valence-corrected chi connectivity index (χ2v) is 6.25. The van der Waals surface area contributed by atoms with Crippen LogP contribution in [0.1, 0.15) is 11.1 Å². The first kappa shape index (κ1) is 25.3. The average Bonchev–Trinajstić information content (AvgIpc) is 2.73. The van der Waals surface area contributed by atoms with Gasteiger partial charge in [0.1, 0.15) is 34.9 Å². The summed E-state index contributed by atoms with van der Waals surface area (Å²) in [6, 6.07) is 17.0. The lowest BCUT2D eigenvalue weighted by atomic mass is 10.1. The molecule has 0 aromatic heterocycles. The third-order valence-corrected chi connectivity index (χ3v) is 3.54. The molecule has 0 amide bonds. The van der Waals surface area contributed by atoms with Crippen molar-refractivity contribution in [2.45, 2.75) is 6.10 Å². The van der Waals surface area contributed by atoms with Gasteiger partial charge in [-0.1, -0.05) is 30.4 Å². The lowest BCUT2D eigenvalue weighted by molar-refractivity contribution is 0.0450. The highest BCUT2D eigenvalue weighted by atomic mass is 16.3. The maximum absolute atomic E-state index is 9.30. The first-order valence-electron chi connectivity index (χ1n) is 9.11. The van der Waals surface area contributed by atoms with E-state index in [2.05, 4.69) is 0 Å². The first-order chi connectivity index (χ1) is 14.7. The zero-order valence-corrected chi connectivity index (χ0v) is 16.6. The Kier molecular flexibility index (Phi) is 11.0. The number of benzene rings is 3. The van der Waals surface area contributed by atoms with Crippen LogP contribution >= 0.6 is 0 Å². The molecule has 3 aromatic carbocycles. The van der Waals surface area contributed by atoms with E-state index < -0.39 is 6.10 Å². The van der Waals surface area contributed by atoms with Crippen molar-refractivity contribution in [3.63, 3.8) is 0 Å². The number of aromatic hydroxyl groups is 5. The monoisotopic (exact) mass is 430 g/mol. The fourth-order valence-corrected chi connectivity index (χ4v) is 2.04. The van der Waals surface area contributed by atoms with Crippen LogP contribution in [0.25, 0.3) is 12.2 Å². The van der Waals surface area contributed by atoms with Crippen LogP contribution in [0.4, 0.5) is 0 Å². The van der Waals surface area contributed by atoms with Gasteiger partial charge in [0.25, 0.3) is 0 Å². The zero-order valence-electron chi connectivity index (χ0n) is 16.6. The summed E-state index contributed by atoms with van der Waals surface area (Å²) in [7, 11) is 0. The Labute approximate surface area is 179 Å². The van der Waals surface area contributed by atoms with Gasteiger partial charge in [-0.25, -0.2) is 0 Å². The second kappa shape index (κ2) is 13.5. The topological polar surface area (TPSA) is 162 Å². The summed E-state index contributed by atoms with van der Waals surface area (Å²) >= 11 is 0. The number of hydrogen-bond acceptors (Lipinski definition) is 8. The van der Waals surface area contributed by atoms with Crippen LogP contribution in [0.5, 0.6) is 28.7 Å². The van der Waals surface area contributed by atoms with E-state index >= 15 is 0 Å². The largest absolute Gasteiger partial charge is 0.508 e. The second-order valence-electron chi connectivity index (χ2n) is 6.25. The van der Waals surface area contributed by atoms with Gasteiger partial charge >= 0.3 is 0 Å². The van der Waals surface area contributed by atoms with E-state index in [4.69, 9.17) is 30.6 Å². The minimum atomic E-state index is -0.954. The molecule has 0 bridgehead atoms. The van der Waals surface area contributed by atoms with Gasteiger partial charge in [-0.3, -0.25) is 0 Å². The van der Waals surface area contributed by atoms with Crippen LogP contribution in [-0.2, 0) is 0 Å². The molecule has 0 saturated heterocycles. The smallest absolute Gasteiger partial charge is 0.119 e.